The van der Waals surface area contributed by atoms with Crippen LogP contribution in [0.5, 0.6) is 0 Å². The van der Waals surface area contributed by atoms with Crippen LogP contribution in [-0.4, -0.2) is 22.8 Å². The molecule has 0 aromatic carbocycles. The van der Waals surface area contributed by atoms with E-state index in [1.807, 2.05) is 12.1 Å². The summed E-state index contributed by atoms with van der Waals surface area (Å²) >= 11 is 0. The zero-order valence-corrected chi connectivity index (χ0v) is 12.5. The monoisotopic (exact) mass is 286 g/mol. The van der Waals surface area contributed by atoms with Crippen molar-refractivity contribution in [1.29, 1.82) is 0 Å². The third-order valence-corrected chi connectivity index (χ3v) is 3.63. The van der Waals surface area contributed by atoms with Gasteiger partial charge in [0.2, 0.25) is 0 Å². The SMILES string of the molecule is CCCNCc1ccc(N(Cc2ccco2)C2CC2)nn1. The van der Waals surface area contributed by atoms with Gasteiger partial charge in [-0.25, -0.2) is 0 Å². The topological polar surface area (TPSA) is 54.2 Å². The summed E-state index contributed by atoms with van der Waals surface area (Å²) in [6.07, 6.45) is 5.29. The molecule has 1 N–H and O–H groups in total. The van der Waals surface area contributed by atoms with E-state index >= 15 is 0 Å². The highest BCUT2D eigenvalue weighted by Crippen LogP contribution is 2.31. The summed E-state index contributed by atoms with van der Waals surface area (Å²) in [6, 6.07) is 8.63. The lowest BCUT2D eigenvalue weighted by Gasteiger charge is -2.21. The summed E-state index contributed by atoms with van der Waals surface area (Å²) in [6.45, 7) is 4.71. The number of nitrogens with zero attached hydrogens (tertiary/aromatic N) is 3. The van der Waals surface area contributed by atoms with Crippen molar-refractivity contribution in [2.45, 2.75) is 45.3 Å². The van der Waals surface area contributed by atoms with Gasteiger partial charge >= 0.3 is 0 Å². The fourth-order valence-corrected chi connectivity index (χ4v) is 2.35. The molecule has 5 heteroatoms. The van der Waals surface area contributed by atoms with Crippen LogP contribution >= 0.6 is 0 Å². The molecule has 0 bridgehead atoms. The normalized spacial score (nSPS) is 14.3. The van der Waals surface area contributed by atoms with Crippen molar-refractivity contribution in [3.05, 3.63) is 42.0 Å². The van der Waals surface area contributed by atoms with Gasteiger partial charge in [0.25, 0.3) is 0 Å². The number of nitrogens with one attached hydrogen (secondary N) is 1. The van der Waals surface area contributed by atoms with Crippen LogP contribution in [0.1, 0.15) is 37.6 Å². The van der Waals surface area contributed by atoms with Crippen LogP contribution in [0, 0.1) is 0 Å². The van der Waals surface area contributed by atoms with E-state index in [-0.39, 0.29) is 0 Å². The van der Waals surface area contributed by atoms with Crippen LogP contribution in [0.2, 0.25) is 0 Å². The van der Waals surface area contributed by atoms with Crippen LogP contribution in [0.25, 0.3) is 0 Å². The molecule has 1 aliphatic rings. The van der Waals surface area contributed by atoms with Crippen molar-refractivity contribution in [3.63, 3.8) is 0 Å². The molecule has 1 fully saturated rings. The summed E-state index contributed by atoms with van der Waals surface area (Å²) in [5.74, 6) is 1.91. The van der Waals surface area contributed by atoms with Crippen LogP contribution in [0.15, 0.2) is 34.9 Å². The van der Waals surface area contributed by atoms with Crippen molar-refractivity contribution in [3.8, 4) is 0 Å². The Bertz CT molecular complexity index is 534. The lowest BCUT2D eigenvalue weighted by Crippen LogP contribution is -2.26. The molecule has 2 aromatic rings. The van der Waals surface area contributed by atoms with E-state index in [4.69, 9.17) is 4.42 Å². The van der Waals surface area contributed by atoms with E-state index in [0.29, 0.717) is 6.04 Å². The summed E-state index contributed by atoms with van der Waals surface area (Å²) < 4.78 is 5.45. The average molecular weight is 286 g/mol. The molecule has 0 aliphatic heterocycles. The van der Waals surface area contributed by atoms with E-state index in [9.17, 15) is 0 Å². The van der Waals surface area contributed by atoms with Gasteiger partial charge in [-0.15, -0.1) is 5.10 Å². The van der Waals surface area contributed by atoms with E-state index in [1.54, 1.807) is 6.26 Å². The second-order valence-corrected chi connectivity index (χ2v) is 5.50. The van der Waals surface area contributed by atoms with Crippen molar-refractivity contribution < 1.29 is 4.42 Å². The van der Waals surface area contributed by atoms with E-state index < -0.39 is 0 Å². The quantitative estimate of drug-likeness (QED) is 0.756. The van der Waals surface area contributed by atoms with Gasteiger partial charge in [0.15, 0.2) is 5.82 Å². The van der Waals surface area contributed by atoms with Gasteiger partial charge in [-0.1, -0.05) is 6.92 Å². The predicted molar refractivity (Wildman–Crippen MR) is 81.9 cm³/mol. The largest absolute Gasteiger partial charge is 0.467 e. The van der Waals surface area contributed by atoms with E-state index in [2.05, 4.69) is 39.5 Å². The average Bonchev–Trinajstić information content (AvgIpc) is 3.23. The minimum atomic E-state index is 0.577. The fourth-order valence-electron chi connectivity index (χ4n) is 2.35. The third kappa shape index (κ3) is 3.82. The molecule has 1 aliphatic carbocycles. The number of furan rings is 1. The summed E-state index contributed by atoms with van der Waals surface area (Å²) in [7, 11) is 0. The minimum absolute atomic E-state index is 0.577. The molecule has 2 aromatic heterocycles. The molecule has 5 nitrogen and oxygen atoms in total. The Morgan fingerprint density at radius 3 is 2.81 bits per heavy atom. The van der Waals surface area contributed by atoms with Gasteiger partial charge in [0.1, 0.15) is 5.76 Å². The Balaban J connectivity index is 1.65. The van der Waals surface area contributed by atoms with Gasteiger partial charge in [0, 0.05) is 12.6 Å². The molecular formula is C16H22N4O. The van der Waals surface area contributed by atoms with Gasteiger partial charge in [-0.2, -0.15) is 5.10 Å². The molecule has 0 amide bonds. The first-order valence-corrected chi connectivity index (χ1v) is 7.69. The molecule has 112 valence electrons. The van der Waals surface area contributed by atoms with Gasteiger partial charge in [-0.05, 0) is 50.1 Å². The smallest absolute Gasteiger partial charge is 0.151 e. The predicted octanol–water partition coefficient (Wildman–Crippen LogP) is 2.74. The second-order valence-electron chi connectivity index (χ2n) is 5.50. The van der Waals surface area contributed by atoms with Crippen molar-refractivity contribution >= 4 is 5.82 Å². The fraction of sp³-hybridized carbons (Fsp3) is 0.500. The summed E-state index contributed by atoms with van der Waals surface area (Å²) in [4.78, 5) is 2.29. The lowest BCUT2D eigenvalue weighted by molar-refractivity contribution is 0.499. The van der Waals surface area contributed by atoms with Crippen LogP contribution < -0.4 is 10.2 Å². The molecule has 1 saturated carbocycles. The first-order chi connectivity index (χ1) is 10.4. The zero-order chi connectivity index (χ0) is 14.5. The molecule has 0 unspecified atom stereocenters. The van der Waals surface area contributed by atoms with E-state index in [1.165, 1.54) is 12.8 Å². The molecule has 0 radical (unpaired) electrons. The molecule has 0 spiro atoms. The second kappa shape index (κ2) is 6.72. The standard InChI is InChI=1S/C16H22N4O/c1-2-9-17-11-13-5-8-16(19-18-13)20(14-6-7-14)12-15-4-3-10-21-15/h3-5,8,10,14,17H,2,6-7,9,11-12H2,1H3. The van der Waals surface area contributed by atoms with Crippen molar-refractivity contribution in [1.82, 2.24) is 15.5 Å². The number of rotatable bonds is 8. The first kappa shape index (κ1) is 14.1. The Morgan fingerprint density at radius 2 is 2.19 bits per heavy atom. The molecular weight excluding hydrogens is 264 g/mol. The Hall–Kier alpha value is -1.88. The maximum absolute atomic E-state index is 5.45. The maximum Gasteiger partial charge on any atom is 0.151 e. The molecule has 0 atom stereocenters. The lowest BCUT2D eigenvalue weighted by atomic mass is 10.3. The highest BCUT2D eigenvalue weighted by atomic mass is 16.3. The van der Waals surface area contributed by atoms with E-state index in [0.717, 1.165) is 43.3 Å². The van der Waals surface area contributed by atoms with Crippen molar-refractivity contribution in [2.24, 2.45) is 0 Å². The third-order valence-electron chi connectivity index (χ3n) is 3.63. The number of aromatic nitrogens is 2. The summed E-state index contributed by atoms with van der Waals surface area (Å²) in [5.41, 5.74) is 0.987. The molecule has 3 rings (SSSR count). The van der Waals surface area contributed by atoms with Gasteiger partial charge < -0.3 is 14.6 Å². The van der Waals surface area contributed by atoms with Crippen LogP contribution in [0.3, 0.4) is 0 Å². The first-order valence-electron chi connectivity index (χ1n) is 7.69. The Morgan fingerprint density at radius 1 is 1.29 bits per heavy atom. The number of hydrogen-bond acceptors (Lipinski definition) is 5. The number of anilines is 1. The highest BCUT2D eigenvalue weighted by Gasteiger charge is 2.30. The van der Waals surface area contributed by atoms with Gasteiger partial charge in [-0.3, -0.25) is 0 Å². The number of hydrogen-bond donors (Lipinski definition) is 1. The van der Waals surface area contributed by atoms with Gasteiger partial charge in [0.05, 0.1) is 18.5 Å². The maximum atomic E-state index is 5.45. The van der Waals surface area contributed by atoms with Crippen LogP contribution in [0.4, 0.5) is 5.82 Å². The van der Waals surface area contributed by atoms with Crippen molar-refractivity contribution in [2.75, 3.05) is 11.4 Å². The summed E-state index contributed by atoms with van der Waals surface area (Å²) in [5, 5.41) is 12.1. The molecule has 2 heterocycles. The Kier molecular flexibility index (Phi) is 4.50. The minimum Gasteiger partial charge on any atom is -0.467 e. The molecule has 21 heavy (non-hydrogen) atoms. The highest BCUT2D eigenvalue weighted by molar-refractivity contribution is 5.41. The molecule has 0 saturated heterocycles. The van der Waals surface area contributed by atoms with Crippen LogP contribution in [-0.2, 0) is 13.1 Å². The zero-order valence-electron chi connectivity index (χ0n) is 12.5. The Labute approximate surface area is 125 Å².